The molecule has 0 saturated carbocycles. The predicted molar refractivity (Wildman–Crippen MR) is 94.6 cm³/mol. The van der Waals surface area contributed by atoms with Gasteiger partial charge in [0, 0.05) is 19.5 Å². The Balaban J connectivity index is 1.69. The lowest BCUT2D eigenvalue weighted by molar-refractivity contribution is -0.157. The molecular formula is C19H20F3N3O2. The van der Waals surface area contributed by atoms with Crippen molar-refractivity contribution in [2.45, 2.75) is 18.6 Å². The van der Waals surface area contributed by atoms with Gasteiger partial charge in [-0.3, -0.25) is 9.59 Å². The summed E-state index contributed by atoms with van der Waals surface area (Å²) >= 11 is 0. The van der Waals surface area contributed by atoms with E-state index in [0.717, 1.165) is 16.3 Å². The fourth-order valence-electron chi connectivity index (χ4n) is 3.31. The number of benzene rings is 2. The molecule has 0 bridgehead atoms. The monoisotopic (exact) mass is 379 g/mol. The number of nitrogens with zero attached hydrogens (tertiary/aromatic N) is 1. The third-order valence-corrected chi connectivity index (χ3v) is 4.68. The number of hydrogen-bond acceptors (Lipinski definition) is 3. The molecule has 8 heteroatoms. The number of rotatable bonds is 5. The molecule has 2 atom stereocenters. The lowest BCUT2D eigenvalue weighted by atomic mass is 10.0. The van der Waals surface area contributed by atoms with Crippen LogP contribution in [0.2, 0.25) is 0 Å². The number of nitrogens with two attached hydrogens (primary N) is 1. The van der Waals surface area contributed by atoms with Crippen molar-refractivity contribution in [3.8, 4) is 0 Å². The second-order valence-electron chi connectivity index (χ2n) is 6.69. The van der Waals surface area contributed by atoms with Gasteiger partial charge in [0.15, 0.2) is 0 Å². The Labute approximate surface area is 154 Å². The Morgan fingerprint density at radius 2 is 1.93 bits per heavy atom. The molecule has 0 radical (unpaired) electrons. The molecule has 27 heavy (non-hydrogen) atoms. The Bertz CT molecular complexity index is 853. The second-order valence-corrected chi connectivity index (χ2v) is 6.69. The van der Waals surface area contributed by atoms with Crippen LogP contribution in [0.4, 0.5) is 13.2 Å². The summed E-state index contributed by atoms with van der Waals surface area (Å²) in [6.07, 6.45) is -4.71. The van der Waals surface area contributed by atoms with E-state index in [2.05, 4.69) is 5.32 Å². The summed E-state index contributed by atoms with van der Waals surface area (Å²) in [5.74, 6) is -1.94. The highest BCUT2D eigenvalue weighted by Crippen LogP contribution is 2.25. The number of likely N-dealkylation sites (tertiary alicyclic amines) is 1. The Kier molecular flexibility index (Phi) is 5.36. The van der Waals surface area contributed by atoms with Crippen LogP contribution in [-0.4, -0.2) is 42.5 Å². The molecule has 0 aliphatic carbocycles. The molecule has 144 valence electrons. The summed E-state index contributed by atoms with van der Waals surface area (Å²) in [7, 11) is 0. The summed E-state index contributed by atoms with van der Waals surface area (Å²) in [6, 6.07) is 13.0. The first kappa shape index (κ1) is 19.2. The summed E-state index contributed by atoms with van der Waals surface area (Å²) < 4.78 is 37.5. The Morgan fingerprint density at radius 3 is 2.59 bits per heavy atom. The van der Waals surface area contributed by atoms with Crippen LogP contribution in [0.25, 0.3) is 10.8 Å². The second kappa shape index (κ2) is 7.56. The number of nitrogens with one attached hydrogen (secondary N) is 1. The highest BCUT2D eigenvalue weighted by atomic mass is 19.4. The number of carbonyl (C=O) groups excluding carboxylic acids is 2. The quantitative estimate of drug-likeness (QED) is 0.838. The first-order chi connectivity index (χ1) is 12.8. The van der Waals surface area contributed by atoms with Crippen molar-refractivity contribution in [2.75, 3.05) is 19.6 Å². The molecule has 3 N–H and O–H groups in total. The van der Waals surface area contributed by atoms with E-state index in [1.807, 2.05) is 42.5 Å². The van der Waals surface area contributed by atoms with Crippen molar-refractivity contribution >= 4 is 22.6 Å². The van der Waals surface area contributed by atoms with Gasteiger partial charge in [0.1, 0.15) is 6.54 Å². The smallest absolute Gasteiger partial charge is 0.348 e. The summed E-state index contributed by atoms with van der Waals surface area (Å²) in [5, 5.41) is 4.81. The molecule has 2 aromatic rings. The van der Waals surface area contributed by atoms with E-state index in [1.165, 1.54) is 0 Å². The normalized spacial score (nSPS) is 18.7. The van der Waals surface area contributed by atoms with Crippen molar-refractivity contribution < 1.29 is 22.8 Å². The molecule has 2 aromatic carbocycles. The molecule has 5 nitrogen and oxygen atoms in total. The van der Waals surface area contributed by atoms with Gasteiger partial charge >= 0.3 is 6.18 Å². The van der Waals surface area contributed by atoms with Crippen molar-refractivity contribution in [1.29, 1.82) is 0 Å². The highest BCUT2D eigenvalue weighted by molar-refractivity contribution is 5.89. The van der Waals surface area contributed by atoms with Crippen molar-refractivity contribution in [3.05, 3.63) is 48.0 Å². The summed E-state index contributed by atoms with van der Waals surface area (Å²) in [4.78, 5) is 24.9. The molecule has 3 rings (SSSR count). The third-order valence-electron chi connectivity index (χ3n) is 4.68. The number of halogens is 3. The Hall–Kier alpha value is -2.61. The van der Waals surface area contributed by atoms with Gasteiger partial charge in [-0.1, -0.05) is 36.4 Å². The van der Waals surface area contributed by atoms with Crippen LogP contribution in [0.15, 0.2) is 42.5 Å². The van der Waals surface area contributed by atoms with Crippen LogP contribution in [-0.2, 0) is 9.59 Å². The van der Waals surface area contributed by atoms with Gasteiger partial charge in [0.05, 0.1) is 12.0 Å². The van der Waals surface area contributed by atoms with Gasteiger partial charge in [-0.25, -0.2) is 0 Å². The van der Waals surface area contributed by atoms with E-state index in [-0.39, 0.29) is 19.5 Å². The standard InChI is InChI=1S/C19H20F3N3O2/c20-19(21,22)11-25-10-15(8-17(25)26)18(27)24-16(9-23)14-6-5-12-3-1-2-4-13(12)7-14/h1-7,15-16H,8-11,23H2,(H,24,27). The zero-order chi connectivity index (χ0) is 19.6. The SMILES string of the molecule is NCC(NC(=O)C1CC(=O)N(CC(F)(F)F)C1)c1ccc2ccccc2c1. The Morgan fingerprint density at radius 1 is 1.22 bits per heavy atom. The van der Waals surface area contributed by atoms with Crippen molar-refractivity contribution in [2.24, 2.45) is 11.7 Å². The minimum Gasteiger partial charge on any atom is -0.348 e. The van der Waals surface area contributed by atoms with Crippen molar-refractivity contribution in [1.82, 2.24) is 10.2 Å². The van der Waals surface area contributed by atoms with Gasteiger partial charge in [0.2, 0.25) is 11.8 Å². The first-order valence-electron chi connectivity index (χ1n) is 8.60. The van der Waals surface area contributed by atoms with Gasteiger partial charge in [-0.15, -0.1) is 0 Å². The lowest BCUT2D eigenvalue weighted by Crippen LogP contribution is -2.39. The van der Waals surface area contributed by atoms with E-state index in [1.54, 1.807) is 0 Å². The van der Waals surface area contributed by atoms with E-state index >= 15 is 0 Å². The molecule has 1 aliphatic rings. The molecule has 1 saturated heterocycles. The predicted octanol–water partition coefficient (Wildman–Crippen LogP) is 2.37. The minimum absolute atomic E-state index is 0.136. The van der Waals surface area contributed by atoms with Crippen LogP contribution in [0, 0.1) is 5.92 Å². The van der Waals surface area contributed by atoms with Gasteiger partial charge in [0.25, 0.3) is 0 Å². The average molecular weight is 379 g/mol. The zero-order valence-corrected chi connectivity index (χ0v) is 14.5. The zero-order valence-electron chi connectivity index (χ0n) is 14.5. The maximum Gasteiger partial charge on any atom is 0.406 e. The number of carbonyl (C=O) groups is 2. The maximum atomic E-state index is 12.5. The van der Waals surface area contributed by atoms with Gasteiger partial charge < -0.3 is 16.0 Å². The molecule has 1 fully saturated rings. The molecule has 0 aromatic heterocycles. The van der Waals surface area contributed by atoms with Gasteiger partial charge in [-0.05, 0) is 22.4 Å². The number of alkyl halides is 3. The van der Waals surface area contributed by atoms with Crippen LogP contribution in [0.5, 0.6) is 0 Å². The van der Waals surface area contributed by atoms with E-state index in [0.29, 0.717) is 4.90 Å². The number of fused-ring (bicyclic) bond motifs is 1. The fourth-order valence-corrected chi connectivity index (χ4v) is 3.31. The van der Waals surface area contributed by atoms with Crippen LogP contribution < -0.4 is 11.1 Å². The van der Waals surface area contributed by atoms with Crippen LogP contribution in [0.3, 0.4) is 0 Å². The summed E-state index contributed by atoms with van der Waals surface area (Å²) in [6.45, 7) is -1.43. The van der Waals surface area contributed by atoms with Crippen molar-refractivity contribution in [3.63, 3.8) is 0 Å². The topological polar surface area (TPSA) is 75.4 Å². The van der Waals surface area contributed by atoms with E-state index in [9.17, 15) is 22.8 Å². The third kappa shape index (κ3) is 4.57. The molecule has 1 aliphatic heterocycles. The maximum absolute atomic E-state index is 12.5. The lowest BCUT2D eigenvalue weighted by Gasteiger charge is -2.21. The fraction of sp³-hybridized carbons (Fsp3) is 0.368. The van der Waals surface area contributed by atoms with E-state index < -0.39 is 36.5 Å². The van der Waals surface area contributed by atoms with E-state index in [4.69, 9.17) is 5.73 Å². The average Bonchev–Trinajstić information content (AvgIpc) is 2.98. The molecule has 2 amide bonds. The molecule has 2 unspecified atom stereocenters. The first-order valence-corrected chi connectivity index (χ1v) is 8.60. The minimum atomic E-state index is -4.48. The number of hydrogen-bond donors (Lipinski definition) is 2. The summed E-state index contributed by atoms with van der Waals surface area (Å²) in [5.41, 5.74) is 6.60. The van der Waals surface area contributed by atoms with Crippen LogP contribution >= 0.6 is 0 Å². The molecule has 1 heterocycles. The van der Waals surface area contributed by atoms with Gasteiger partial charge in [-0.2, -0.15) is 13.2 Å². The highest BCUT2D eigenvalue weighted by Gasteiger charge is 2.40. The largest absolute Gasteiger partial charge is 0.406 e. The molecule has 0 spiro atoms. The van der Waals surface area contributed by atoms with Crippen LogP contribution in [0.1, 0.15) is 18.0 Å². The number of amides is 2. The molecular weight excluding hydrogens is 359 g/mol.